The molecular weight excluding hydrogens is 396 g/mol. The summed E-state index contributed by atoms with van der Waals surface area (Å²) in [5.41, 5.74) is 2.18. The third-order valence-corrected chi connectivity index (χ3v) is 4.74. The molecule has 2 aromatic carbocycles. The summed E-state index contributed by atoms with van der Waals surface area (Å²) in [5, 5.41) is 2.75. The highest BCUT2D eigenvalue weighted by atomic mass is 16.5. The predicted octanol–water partition coefficient (Wildman–Crippen LogP) is 3.35. The Labute approximate surface area is 183 Å². The topological polar surface area (TPSA) is 77.1 Å². The van der Waals surface area contributed by atoms with E-state index in [1.54, 1.807) is 24.3 Å². The van der Waals surface area contributed by atoms with Gasteiger partial charge >= 0.3 is 5.97 Å². The van der Waals surface area contributed by atoms with Crippen molar-refractivity contribution >= 4 is 17.6 Å². The SMILES string of the molecule is CC(C)COc1cccc(C(=O)OCC(=O)Nc2ccc(CN3CCOCC3)cc2)c1. The van der Waals surface area contributed by atoms with Gasteiger partial charge in [-0.25, -0.2) is 4.79 Å². The van der Waals surface area contributed by atoms with Crippen molar-refractivity contribution in [2.75, 3.05) is 44.8 Å². The largest absolute Gasteiger partial charge is 0.493 e. The highest BCUT2D eigenvalue weighted by molar-refractivity contribution is 5.95. The van der Waals surface area contributed by atoms with Crippen molar-refractivity contribution in [2.24, 2.45) is 5.92 Å². The number of nitrogens with one attached hydrogen (secondary N) is 1. The second kappa shape index (κ2) is 11.5. The van der Waals surface area contributed by atoms with Gasteiger partial charge in [-0.3, -0.25) is 9.69 Å². The molecule has 0 aliphatic carbocycles. The lowest BCUT2D eigenvalue weighted by molar-refractivity contribution is -0.119. The molecular formula is C24H30N2O5. The predicted molar refractivity (Wildman–Crippen MR) is 118 cm³/mol. The molecule has 1 fully saturated rings. The van der Waals surface area contributed by atoms with E-state index in [0.717, 1.165) is 32.8 Å². The molecule has 0 saturated carbocycles. The summed E-state index contributed by atoms with van der Waals surface area (Å²) < 4.78 is 16.1. The van der Waals surface area contributed by atoms with Gasteiger partial charge in [-0.1, -0.05) is 32.0 Å². The summed E-state index contributed by atoms with van der Waals surface area (Å²) in [4.78, 5) is 26.7. The number of rotatable bonds is 9. The summed E-state index contributed by atoms with van der Waals surface area (Å²) in [6, 6.07) is 14.4. The molecule has 2 aromatic rings. The molecule has 1 N–H and O–H groups in total. The Morgan fingerprint density at radius 2 is 1.84 bits per heavy atom. The fourth-order valence-corrected chi connectivity index (χ4v) is 3.10. The number of hydrogen-bond acceptors (Lipinski definition) is 6. The van der Waals surface area contributed by atoms with Crippen LogP contribution in [-0.4, -0.2) is 56.3 Å². The van der Waals surface area contributed by atoms with E-state index in [0.29, 0.717) is 29.5 Å². The number of esters is 1. The highest BCUT2D eigenvalue weighted by Crippen LogP contribution is 2.16. The molecule has 0 unspecified atom stereocenters. The zero-order valence-corrected chi connectivity index (χ0v) is 18.1. The minimum Gasteiger partial charge on any atom is -0.493 e. The molecule has 166 valence electrons. The maximum atomic E-state index is 12.3. The molecule has 0 spiro atoms. The molecule has 0 atom stereocenters. The van der Waals surface area contributed by atoms with Gasteiger partial charge < -0.3 is 19.5 Å². The van der Waals surface area contributed by atoms with Crippen LogP contribution in [0.1, 0.15) is 29.8 Å². The Morgan fingerprint density at radius 1 is 1.10 bits per heavy atom. The van der Waals surface area contributed by atoms with E-state index < -0.39 is 5.97 Å². The number of ether oxygens (including phenoxy) is 3. The monoisotopic (exact) mass is 426 g/mol. The summed E-state index contributed by atoms with van der Waals surface area (Å²) in [6.45, 7) is 8.55. The van der Waals surface area contributed by atoms with Crippen molar-refractivity contribution in [3.8, 4) is 5.75 Å². The molecule has 0 bridgehead atoms. The number of amides is 1. The number of benzene rings is 2. The van der Waals surface area contributed by atoms with E-state index in [2.05, 4.69) is 24.1 Å². The second-order valence-electron chi connectivity index (χ2n) is 7.94. The summed E-state index contributed by atoms with van der Waals surface area (Å²) in [7, 11) is 0. The molecule has 1 amide bonds. The maximum Gasteiger partial charge on any atom is 0.338 e. The Morgan fingerprint density at radius 3 is 2.55 bits per heavy atom. The van der Waals surface area contributed by atoms with Gasteiger partial charge in [0, 0.05) is 25.3 Å². The lowest BCUT2D eigenvalue weighted by Crippen LogP contribution is -2.35. The van der Waals surface area contributed by atoms with Crippen molar-refractivity contribution in [3.63, 3.8) is 0 Å². The van der Waals surface area contributed by atoms with Crippen LogP contribution in [0, 0.1) is 5.92 Å². The van der Waals surface area contributed by atoms with Crippen LogP contribution in [0.2, 0.25) is 0 Å². The van der Waals surface area contributed by atoms with Crippen LogP contribution in [0.15, 0.2) is 48.5 Å². The molecule has 3 rings (SSSR count). The zero-order chi connectivity index (χ0) is 22.1. The normalized spacial score (nSPS) is 14.3. The lowest BCUT2D eigenvalue weighted by atomic mass is 10.2. The summed E-state index contributed by atoms with van der Waals surface area (Å²) >= 11 is 0. The number of carbonyl (C=O) groups is 2. The first-order valence-electron chi connectivity index (χ1n) is 10.6. The lowest BCUT2D eigenvalue weighted by Gasteiger charge is -2.26. The third kappa shape index (κ3) is 7.70. The number of hydrogen-bond donors (Lipinski definition) is 1. The van der Waals surface area contributed by atoms with Crippen LogP contribution >= 0.6 is 0 Å². The average Bonchev–Trinajstić information content (AvgIpc) is 2.78. The van der Waals surface area contributed by atoms with E-state index in [-0.39, 0.29) is 12.5 Å². The first kappa shape index (κ1) is 22.8. The number of nitrogens with zero attached hydrogens (tertiary/aromatic N) is 1. The Hall–Kier alpha value is -2.90. The Kier molecular flexibility index (Phi) is 8.44. The van der Waals surface area contributed by atoms with Gasteiger partial charge in [0.05, 0.1) is 25.4 Å². The molecule has 7 nitrogen and oxygen atoms in total. The fraction of sp³-hybridized carbons (Fsp3) is 0.417. The molecule has 1 aliphatic heterocycles. The van der Waals surface area contributed by atoms with Crippen molar-refractivity contribution in [3.05, 3.63) is 59.7 Å². The quantitative estimate of drug-likeness (QED) is 0.620. The Bertz CT molecular complexity index is 861. The van der Waals surface area contributed by atoms with Crippen LogP contribution in [0.4, 0.5) is 5.69 Å². The van der Waals surface area contributed by atoms with Crippen LogP contribution in [-0.2, 0) is 20.8 Å². The van der Waals surface area contributed by atoms with E-state index in [1.807, 2.05) is 24.3 Å². The van der Waals surface area contributed by atoms with Crippen molar-refractivity contribution in [1.29, 1.82) is 0 Å². The first-order valence-corrected chi connectivity index (χ1v) is 10.6. The number of morpholine rings is 1. The van der Waals surface area contributed by atoms with Gasteiger partial charge in [0.1, 0.15) is 5.75 Å². The first-order chi connectivity index (χ1) is 15.0. The zero-order valence-electron chi connectivity index (χ0n) is 18.1. The minimum absolute atomic E-state index is 0.349. The van der Waals surface area contributed by atoms with Gasteiger partial charge in [-0.15, -0.1) is 0 Å². The number of anilines is 1. The molecule has 31 heavy (non-hydrogen) atoms. The van der Waals surface area contributed by atoms with Gasteiger partial charge in [0.25, 0.3) is 5.91 Å². The van der Waals surface area contributed by atoms with Crippen molar-refractivity contribution < 1.29 is 23.8 Å². The van der Waals surface area contributed by atoms with E-state index in [4.69, 9.17) is 14.2 Å². The molecule has 1 aliphatic rings. The third-order valence-electron chi connectivity index (χ3n) is 4.74. The van der Waals surface area contributed by atoms with Crippen LogP contribution < -0.4 is 10.1 Å². The smallest absolute Gasteiger partial charge is 0.338 e. The average molecular weight is 427 g/mol. The molecule has 0 radical (unpaired) electrons. The Balaban J connectivity index is 1.44. The molecule has 0 aromatic heterocycles. The van der Waals surface area contributed by atoms with Crippen LogP contribution in [0.3, 0.4) is 0 Å². The summed E-state index contributed by atoms with van der Waals surface area (Å²) in [5.74, 6) is 0.0324. The van der Waals surface area contributed by atoms with E-state index in [1.165, 1.54) is 5.56 Å². The van der Waals surface area contributed by atoms with Gasteiger partial charge in [-0.2, -0.15) is 0 Å². The fourth-order valence-electron chi connectivity index (χ4n) is 3.10. The minimum atomic E-state index is -0.564. The number of carbonyl (C=O) groups excluding carboxylic acids is 2. The van der Waals surface area contributed by atoms with Gasteiger partial charge in [0.2, 0.25) is 0 Å². The second-order valence-corrected chi connectivity index (χ2v) is 7.94. The molecule has 1 heterocycles. The van der Waals surface area contributed by atoms with Crippen molar-refractivity contribution in [1.82, 2.24) is 4.90 Å². The van der Waals surface area contributed by atoms with Crippen molar-refractivity contribution in [2.45, 2.75) is 20.4 Å². The van der Waals surface area contributed by atoms with E-state index >= 15 is 0 Å². The van der Waals surface area contributed by atoms with Crippen LogP contribution in [0.25, 0.3) is 0 Å². The molecule has 1 saturated heterocycles. The van der Waals surface area contributed by atoms with Crippen LogP contribution in [0.5, 0.6) is 5.75 Å². The van der Waals surface area contributed by atoms with Gasteiger partial charge in [0.15, 0.2) is 6.61 Å². The maximum absolute atomic E-state index is 12.3. The standard InChI is InChI=1S/C24H30N2O5/c1-18(2)16-30-22-5-3-4-20(14-22)24(28)31-17-23(27)25-21-8-6-19(7-9-21)15-26-10-12-29-13-11-26/h3-9,14,18H,10-13,15-17H2,1-2H3,(H,25,27). The summed E-state index contributed by atoms with van der Waals surface area (Å²) in [6.07, 6.45) is 0. The van der Waals surface area contributed by atoms with E-state index in [9.17, 15) is 9.59 Å². The highest BCUT2D eigenvalue weighted by Gasteiger charge is 2.13. The van der Waals surface area contributed by atoms with Gasteiger partial charge in [-0.05, 0) is 41.8 Å². The molecule has 7 heteroatoms.